The van der Waals surface area contributed by atoms with Crippen molar-refractivity contribution in [3.8, 4) is 0 Å². The quantitative estimate of drug-likeness (QED) is 0.524. The highest BCUT2D eigenvalue weighted by molar-refractivity contribution is 5.92. The molecule has 0 aliphatic carbocycles. The van der Waals surface area contributed by atoms with Gasteiger partial charge in [0.05, 0.1) is 6.10 Å². The van der Waals surface area contributed by atoms with Crippen LogP contribution in [0.3, 0.4) is 0 Å². The molecule has 0 fully saturated rings. The summed E-state index contributed by atoms with van der Waals surface area (Å²) in [6, 6.07) is 0. The largest absolute Gasteiger partial charge is 0.356 e. The maximum absolute atomic E-state index is 11.2. The summed E-state index contributed by atoms with van der Waals surface area (Å²) in [4.78, 5) is 11.2. The molecule has 3 nitrogen and oxygen atoms in total. The highest BCUT2D eigenvalue weighted by Gasteiger charge is 2.11. The Labute approximate surface area is 80.2 Å². The first kappa shape index (κ1) is 12.2. The molecule has 1 N–H and O–H groups in total. The average Bonchev–Trinajstić information content (AvgIpc) is 2.02. The Morgan fingerprint density at radius 2 is 2.08 bits per heavy atom. The number of hydrogen-bond donors (Lipinski definition) is 1. The normalized spacial score (nSPS) is 12.7. The van der Waals surface area contributed by atoms with Crippen molar-refractivity contribution in [3.63, 3.8) is 0 Å². The first-order valence-electron chi connectivity index (χ1n) is 4.59. The standard InChI is InChI=1S/C10H19NO2/c1-6-9(13-8(4)5)11-10(12)7(2)3/h8-9H,2,6H2,1,3-5H3,(H,11,12). The van der Waals surface area contributed by atoms with Crippen molar-refractivity contribution < 1.29 is 9.53 Å². The van der Waals surface area contributed by atoms with Crippen molar-refractivity contribution in [2.75, 3.05) is 0 Å². The molecule has 1 amide bonds. The fraction of sp³-hybridized carbons (Fsp3) is 0.700. The van der Waals surface area contributed by atoms with E-state index in [1.807, 2.05) is 20.8 Å². The molecule has 0 aliphatic rings. The fourth-order valence-corrected chi connectivity index (χ4v) is 0.830. The molecule has 0 saturated heterocycles. The van der Waals surface area contributed by atoms with Gasteiger partial charge in [0.1, 0.15) is 6.23 Å². The first-order chi connectivity index (χ1) is 5.97. The second-order valence-corrected chi connectivity index (χ2v) is 3.34. The van der Waals surface area contributed by atoms with Crippen molar-refractivity contribution in [2.45, 2.75) is 46.4 Å². The van der Waals surface area contributed by atoms with Gasteiger partial charge >= 0.3 is 0 Å². The van der Waals surface area contributed by atoms with Gasteiger partial charge in [-0.05, 0) is 27.2 Å². The molecule has 13 heavy (non-hydrogen) atoms. The maximum atomic E-state index is 11.2. The van der Waals surface area contributed by atoms with Crippen molar-refractivity contribution in [1.29, 1.82) is 0 Å². The van der Waals surface area contributed by atoms with Crippen LogP contribution in [0.5, 0.6) is 0 Å². The lowest BCUT2D eigenvalue weighted by molar-refractivity contribution is -0.123. The van der Waals surface area contributed by atoms with Gasteiger partial charge in [-0.3, -0.25) is 4.79 Å². The molecule has 0 aromatic heterocycles. The van der Waals surface area contributed by atoms with E-state index in [2.05, 4.69) is 11.9 Å². The lowest BCUT2D eigenvalue weighted by Crippen LogP contribution is -2.38. The lowest BCUT2D eigenvalue weighted by atomic mass is 10.3. The van der Waals surface area contributed by atoms with Crippen LogP contribution in [0.1, 0.15) is 34.1 Å². The van der Waals surface area contributed by atoms with E-state index in [0.29, 0.717) is 5.57 Å². The molecule has 0 aromatic rings. The van der Waals surface area contributed by atoms with E-state index >= 15 is 0 Å². The molecule has 0 rings (SSSR count). The topological polar surface area (TPSA) is 38.3 Å². The molecular weight excluding hydrogens is 166 g/mol. The van der Waals surface area contributed by atoms with Crippen LogP contribution in [0.15, 0.2) is 12.2 Å². The number of hydrogen-bond acceptors (Lipinski definition) is 2. The van der Waals surface area contributed by atoms with Gasteiger partial charge in [0, 0.05) is 5.57 Å². The van der Waals surface area contributed by atoms with Crippen molar-refractivity contribution in [3.05, 3.63) is 12.2 Å². The molecule has 0 bridgehead atoms. The Hall–Kier alpha value is -0.830. The van der Waals surface area contributed by atoms with Crippen molar-refractivity contribution >= 4 is 5.91 Å². The van der Waals surface area contributed by atoms with Crippen LogP contribution in [-0.4, -0.2) is 18.2 Å². The summed E-state index contributed by atoms with van der Waals surface area (Å²) in [7, 11) is 0. The van der Waals surface area contributed by atoms with Gasteiger partial charge in [-0.1, -0.05) is 13.5 Å². The zero-order valence-electron chi connectivity index (χ0n) is 8.89. The van der Waals surface area contributed by atoms with Crippen LogP contribution in [0.25, 0.3) is 0 Å². The summed E-state index contributed by atoms with van der Waals surface area (Å²) in [6.07, 6.45) is 0.677. The van der Waals surface area contributed by atoms with E-state index in [9.17, 15) is 4.79 Å². The molecular formula is C10H19NO2. The minimum absolute atomic E-state index is 0.121. The Morgan fingerprint density at radius 3 is 2.38 bits per heavy atom. The van der Waals surface area contributed by atoms with Gasteiger partial charge in [0.2, 0.25) is 5.91 Å². The predicted molar refractivity (Wildman–Crippen MR) is 53.3 cm³/mol. The van der Waals surface area contributed by atoms with Gasteiger partial charge in [-0.15, -0.1) is 0 Å². The van der Waals surface area contributed by atoms with Gasteiger partial charge in [0.25, 0.3) is 0 Å². The smallest absolute Gasteiger partial charge is 0.248 e. The number of rotatable bonds is 5. The molecule has 0 aromatic carbocycles. The van der Waals surface area contributed by atoms with Crippen molar-refractivity contribution in [2.24, 2.45) is 0 Å². The Balaban J connectivity index is 3.97. The van der Waals surface area contributed by atoms with Gasteiger partial charge in [0.15, 0.2) is 0 Å². The zero-order chi connectivity index (χ0) is 10.4. The molecule has 3 heteroatoms. The van der Waals surface area contributed by atoms with Crippen LogP contribution >= 0.6 is 0 Å². The predicted octanol–water partition coefficient (Wildman–Crippen LogP) is 1.84. The highest BCUT2D eigenvalue weighted by atomic mass is 16.5. The summed E-state index contributed by atoms with van der Waals surface area (Å²) in [5, 5.41) is 2.74. The third-order valence-corrected chi connectivity index (χ3v) is 1.49. The number of ether oxygens (including phenoxy) is 1. The third kappa shape index (κ3) is 5.42. The van der Waals surface area contributed by atoms with Crippen LogP contribution < -0.4 is 5.32 Å². The van der Waals surface area contributed by atoms with E-state index in [1.165, 1.54) is 0 Å². The van der Waals surface area contributed by atoms with Gasteiger partial charge in [-0.2, -0.15) is 0 Å². The summed E-state index contributed by atoms with van der Waals surface area (Å²) < 4.78 is 5.45. The van der Waals surface area contributed by atoms with Crippen LogP contribution in [-0.2, 0) is 9.53 Å². The molecule has 0 saturated carbocycles. The van der Waals surface area contributed by atoms with E-state index in [1.54, 1.807) is 6.92 Å². The minimum atomic E-state index is -0.204. The summed E-state index contributed by atoms with van der Waals surface area (Å²) in [6.45, 7) is 11.1. The lowest BCUT2D eigenvalue weighted by Gasteiger charge is -2.20. The Morgan fingerprint density at radius 1 is 1.54 bits per heavy atom. The van der Waals surface area contributed by atoms with E-state index in [4.69, 9.17) is 4.74 Å². The molecule has 0 aliphatic heterocycles. The number of amides is 1. The first-order valence-corrected chi connectivity index (χ1v) is 4.59. The Bertz CT molecular complexity index is 187. The minimum Gasteiger partial charge on any atom is -0.356 e. The molecule has 1 unspecified atom stereocenters. The highest BCUT2D eigenvalue weighted by Crippen LogP contribution is 2.00. The molecule has 0 spiro atoms. The average molecular weight is 185 g/mol. The maximum Gasteiger partial charge on any atom is 0.248 e. The SMILES string of the molecule is C=C(C)C(=O)NC(CC)OC(C)C. The summed E-state index contributed by atoms with van der Waals surface area (Å²) >= 11 is 0. The second-order valence-electron chi connectivity index (χ2n) is 3.34. The molecule has 0 radical (unpaired) electrons. The molecule has 1 atom stereocenters. The summed E-state index contributed by atoms with van der Waals surface area (Å²) in [5.41, 5.74) is 0.505. The third-order valence-electron chi connectivity index (χ3n) is 1.49. The van der Waals surface area contributed by atoms with E-state index in [-0.39, 0.29) is 18.2 Å². The van der Waals surface area contributed by atoms with E-state index in [0.717, 1.165) is 6.42 Å². The van der Waals surface area contributed by atoms with Gasteiger partial charge in [-0.25, -0.2) is 0 Å². The molecule has 76 valence electrons. The van der Waals surface area contributed by atoms with Crippen LogP contribution in [0, 0.1) is 0 Å². The number of nitrogens with one attached hydrogen (secondary N) is 1. The Kier molecular flexibility index (Phi) is 5.39. The second kappa shape index (κ2) is 5.75. The van der Waals surface area contributed by atoms with Crippen LogP contribution in [0.4, 0.5) is 0 Å². The number of carbonyl (C=O) groups is 1. The van der Waals surface area contributed by atoms with Gasteiger partial charge < -0.3 is 10.1 Å². The van der Waals surface area contributed by atoms with E-state index < -0.39 is 0 Å². The fourth-order valence-electron chi connectivity index (χ4n) is 0.830. The zero-order valence-corrected chi connectivity index (χ0v) is 8.89. The summed E-state index contributed by atoms with van der Waals surface area (Å²) in [5.74, 6) is -0.146. The van der Waals surface area contributed by atoms with Crippen LogP contribution in [0.2, 0.25) is 0 Å². The number of carbonyl (C=O) groups excluding carboxylic acids is 1. The monoisotopic (exact) mass is 185 g/mol. The van der Waals surface area contributed by atoms with Crippen molar-refractivity contribution in [1.82, 2.24) is 5.32 Å². The molecule has 0 heterocycles.